The Bertz CT molecular complexity index is 353. The van der Waals surface area contributed by atoms with E-state index in [0.29, 0.717) is 12.5 Å². The van der Waals surface area contributed by atoms with Crippen LogP contribution in [-0.4, -0.2) is 35.0 Å². The van der Waals surface area contributed by atoms with E-state index in [1.165, 1.54) is 12.8 Å². The molecule has 1 aromatic heterocycles. The first-order valence-corrected chi connectivity index (χ1v) is 7.22. The van der Waals surface area contributed by atoms with Crippen molar-refractivity contribution >= 4 is 21.9 Å². The second kappa shape index (κ2) is 6.19. The largest absolute Gasteiger partial charge is 0.478 e. The summed E-state index contributed by atoms with van der Waals surface area (Å²) in [5, 5.41) is 1.10. The van der Waals surface area contributed by atoms with Crippen molar-refractivity contribution in [1.29, 1.82) is 0 Å². The van der Waals surface area contributed by atoms with Gasteiger partial charge in [0, 0.05) is 30.7 Å². The van der Waals surface area contributed by atoms with Crippen LogP contribution in [0.25, 0.3) is 0 Å². The number of alkyl halides is 1. The lowest BCUT2D eigenvalue weighted by Gasteiger charge is -2.31. The van der Waals surface area contributed by atoms with Crippen LogP contribution in [0.3, 0.4) is 0 Å². The Morgan fingerprint density at radius 3 is 2.88 bits per heavy atom. The first-order valence-electron chi connectivity index (χ1n) is 6.10. The lowest BCUT2D eigenvalue weighted by atomic mass is 9.99. The Morgan fingerprint density at radius 1 is 1.47 bits per heavy atom. The van der Waals surface area contributed by atoms with Crippen molar-refractivity contribution in [2.24, 2.45) is 5.92 Å². The molecule has 5 heteroatoms. The third-order valence-electron chi connectivity index (χ3n) is 3.03. The van der Waals surface area contributed by atoms with E-state index in [4.69, 9.17) is 4.74 Å². The highest BCUT2D eigenvalue weighted by molar-refractivity contribution is 9.09. The van der Waals surface area contributed by atoms with E-state index < -0.39 is 0 Å². The molecular formula is C12H18BrN3O. The minimum Gasteiger partial charge on any atom is -0.478 e. The Balaban J connectivity index is 2.00. The van der Waals surface area contributed by atoms with Gasteiger partial charge in [-0.3, -0.25) is 0 Å². The minimum atomic E-state index is 0.641. The Morgan fingerprint density at radius 2 is 2.24 bits per heavy atom. The van der Waals surface area contributed by atoms with E-state index >= 15 is 0 Å². The third kappa shape index (κ3) is 3.31. The number of halogens is 1. The molecule has 0 spiro atoms. The average Bonchev–Trinajstić information content (AvgIpc) is 2.40. The fraction of sp³-hybridized carbons (Fsp3) is 0.667. The Hall–Kier alpha value is -0.840. The summed E-state index contributed by atoms with van der Waals surface area (Å²) in [6.07, 6.45) is 4.17. The summed E-state index contributed by atoms with van der Waals surface area (Å²) >= 11 is 3.55. The van der Waals surface area contributed by atoms with Gasteiger partial charge in [0.1, 0.15) is 0 Å². The van der Waals surface area contributed by atoms with Gasteiger partial charge >= 0.3 is 0 Å². The lowest BCUT2D eigenvalue weighted by molar-refractivity contribution is 0.325. The molecule has 17 heavy (non-hydrogen) atoms. The van der Waals surface area contributed by atoms with Crippen LogP contribution in [0.15, 0.2) is 12.3 Å². The van der Waals surface area contributed by atoms with Gasteiger partial charge < -0.3 is 9.64 Å². The van der Waals surface area contributed by atoms with Crippen LogP contribution in [0.4, 0.5) is 5.95 Å². The molecule has 0 radical (unpaired) electrons. The van der Waals surface area contributed by atoms with Crippen LogP contribution >= 0.6 is 15.9 Å². The molecule has 0 unspecified atom stereocenters. The molecule has 1 saturated heterocycles. The maximum Gasteiger partial charge on any atom is 0.228 e. The topological polar surface area (TPSA) is 38.2 Å². The van der Waals surface area contributed by atoms with Crippen LogP contribution in [0.2, 0.25) is 0 Å². The van der Waals surface area contributed by atoms with Gasteiger partial charge in [-0.05, 0) is 25.7 Å². The number of rotatable bonds is 4. The predicted octanol–water partition coefficient (Wildman–Crippen LogP) is 2.49. The number of hydrogen-bond donors (Lipinski definition) is 0. The van der Waals surface area contributed by atoms with Crippen molar-refractivity contribution in [3.63, 3.8) is 0 Å². The van der Waals surface area contributed by atoms with Gasteiger partial charge in [0.2, 0.25) is 11.8 Å². The van der Waals surface area contributed by atoms with Crippen molar-refractivity contribution in [2.45, 2.75) is 19.8 Å². The summed E-state index contributed by atoms with van der Waals surface area (Å²) in [6.45, 7) is 4.67. The molecule has 4 nitrogen and oxygen atoms in total. The van der Waals surface area contributed by atoms with Gasteiger partial charge in [-0.15, -0.1) is 0 Å². The van der Waals surface area contributed by atoms with E-state index in [2.05, 4.69) is 30.8 Å². The molecule has 0 atom stereocenters. The maximum atomic E-state index is 5.39. The molecule has 1 aliphatic heterocycles. The van der Waals surface area contributed by atoms with Crippen LogP contribution in [0.5, 0.6) is 5.88 Å². The third-order valence-corrected chi connectivity index (χ3v) is 3.94. The molecule has 0 amide bonds. The number of aromatic nitrogens is 2. The molecule has 0 N–H and O–H groups in total. The summed E-state index contributed by atoms with van der Waals surface area (Å²) in [5.74, 6) is 2.26. The molecule has 2 heterocycles. The number of ether oxygens (including phenoxy) is 1. The van der Waals surface area contributed by atoms with Gasteiger partial charge in [-0.1, -0.05) is 15.9 Å². The smallest absolute Gasteiger partial charge is 0.228 e. The summed E-state index contributed by atoms with van der Waals surface area (Å²) in [5.41, 5.74) is 0. The quantitative estimate of drug-likeness (QED) is 0.801. The summed E-state index contributed by atoms with van der Waals surface area (Å²) < 4.78 is 5.39. The summed E-state index contributed by atoms with van der Waals surface area (Å²) in [7, 11) is 0. The highest BCUT2D eigenvalue weighted by atomic mass is 79.9. The normalized spacial score (nSPS) is 17.2. The SMILES string of the molecule is CCOc1ccnc(N2CCC(CBr)CC2)n1. The van der Waals surface area contributed by atoms with Crippen molar-refractivity contribution in [3.8, 4) is 5.88 Å². The number of hydrogen-bond acceptors (Lipinski definition) is 4. The van der Waals surface area contributed by atoms with E-state index in [-0.39, 0.29) is 0 Å². The summed E-state index contributed by atoms with van der Waals surface area (Å²) in [4.78, 5) is 11.0. The zero-order valence-electron chi connectivity index (χ0n) is 10.1. The average molecular weight is 300 g/mol. The maximum absolute atomic E-state index is 5.39. The van der Waals surface area contributed by atoms with E-state index in [0.717, 1.165) is 30.3 Å². The van der Waals surface area contributed by atoms with E-state index in [1.807, 2.05) is 6.92 Å². The summed E-state index contributed by atoms with van der Waals surface area (Å²) in [6, 6.07) is 1.80. The van der Waals surface area contributed by atoms with Gasteiger partial charge in [0.05, 0.1) is 6.61 Å². The highest BCUT2D eigenvalue weighted by Gasteiger charge is 2.20. The molecule has 0 bridgehead atoms. The molecule has 1 aromatic rings. The molecule has 1 aliphatic rings. The zero-order valence-corrected chi connectivity index (χ0v) is 11.7. The monoisotopic (exact) mass is 299 g/mol. The van der Waals surface area contributed by atoms with Crippen LogP contribution in [0.1, 0.15) is 19.8 Å². The second-order valence-corrected chi connectivity index (χ2v) is 4.86. The van der Waals surface area contributed by atoms with Crippen molar-refractivity contribution in [2.75, 3.05) is 29.9 Å². The van der Waals surface area contributed by atoms with E-state index in [1.54, 1.807) is 12.3 Å². The standard InChI is InChI=1S/C12H18BrN3O/c1-2-17-11-3-6-14-12(15-11)16-7-4-10(9-13)5-8-16/h3,6,10H,2,4-5,7-9H2,1H3. The Kier molecular flexibility index (Phi) is 4.59. The predicted molar refractivity (Wildman–Crippen MR) is 71.9 cm³/mol. The van der Waals surface area contributed by atoms with Crippen molar-refractivity contribution in [3.05, 3.63) is 12.3 Å². The lowest BCUT2D eigenvalue weighted by Crippen LogP contribution is -2.35. The first-order chi connectivity index (χ1) is 8.33. The van der Waals surface area contributed by atoms with Crippen LogP contribution < -0.4 is 9.64 Å². The van der Waals surface area contributed by atoms with Crippen molar-refractivity contribution in [1.82, 2.24) is 9.97 Å². The molecule has 2 rings (SSSR count). The highest BCUT2D eigenvalue weighted by Crippen LogP contribution is 2.22. The molecule has 1 fully saturated rings. The fourth-order valence-electron chi connectivity index (χ4n) is 2.00. The Labute approximate surface area is 111 Å². The number of anilines is 1. The number of piperidine rings is 1. The van der Waals surface area contributed by atoms with Gasteiger partial charge in [-0.25, -0.2) is 4.98 Å². The van der Waals surface area contributed by atoms with Gasteiger partial charge in [0.25, 0.3) is 0 Å². The van der Waals surface area contributed by atoms with Crippen molar-refractivity contribution < 1.29 is 4.74 Å². The molecule has 0 aliphatic carbocycles. The minimum absolute atomic E-state index is 0.641. The fourth-order valence-corrected chi connectivity index (χ4v) is 2.65. The molecular weight excluding hydrogens is 282 g/mol. The van der Waals surface area contributed by atoms with Crippen LogP contribution in [-0.2, 0) is 0 Å². The zero-order chi connectivity index (χ0) is 12.1. The number of nitrogens with zero attached hydrogens (tertiary/aromatic N) is 3. The van der Waals surface area contributed by atoms with Gasteiger partial charge in [0.15, 0.2) is 0 Å². The second-order valence-electron chi connectivity index (χ2n) is 4.21. The first kappa shape index (κ1) is 12.6. The van der Waals surface area contributed by atoms with Gasteiger partial charge in [-0.2, -0.15) is 4.98 Å². The van der Waals surface area contributed by atoms with E-state index in [9.17, 15) is 0 Å². The van der Waals surface area contributed by atoms with Crippen LogP contribution in [0, 0.1) is 5.92 Å². The molecule has 0 aromatic carbocycles. The molecule has 0 saturated carbocycles. The molecule has 94 valence electrons.